The Bertz CT molecular complexity index is 3510. The summed E-state index contributed by atoms with van der Waals surface area (Å²) in [5, 5.41) is 26.9. The predicted octanol–water partition coefficient (Wildman–Crippen LogP) is 6.42. The SMILES string of the molecule is COc1nc(-c2ccc3nccc(-c4ccc(COC(=O)OCCSSCC(NC(=O)CCC(=O)NCc5cc(C(=O)N[C@@H](C)C(=O)N6CC(F)(F)C[C@H]6C#N)ccn5)C(=O)O)nc4)c3c2)ccc1NS(=O)(=O)c1ccc(F)cc1F. The number of fused-ring (bicyclic) bond motifs is 1. The van der Waals surface area contributed by atoms with Gasteiger partial charge in [0.25, 0.3) is 21.9 Å². The Labute approximate surface area is 467 Å². The van der Waals surface area contributed by atoms with E-state index in [4.69, 9.17) is 14.2 Å². The molecule has 424 valence electrons. The van der Waals surface area contributed by atoms with Gasteiger partial charge in [0.05, 0.1) is 48.9 Å². The number of ether oxygens (including phenoxy) is 3. The van der Waals surface area contributed by atoms with Crippen LogP contribution < -0.4 is 25.4 Å². The van der Waals surface area contributed by atoms with Crippen LogP contribution in [-0.2, 0) is 51.8 Å². The van der Waals surface area contributed by atoms with Gasteiger partial charge in [0, 0.05) is 77.5 Å². The minimum atomic E-state index is -4.48. The molecular weight excluding hydrogens is 1130 g/mol. The van der Waals surface area contributed by atoms with E-state index in [0.29, 0.717) is 39.5 Å². The lowest BCUT2D eigenvalue weighted by molar-refractivity contribution is -0.141. The lowest BCUT2D eigenvalue weighted by Gasteiger charge is -2.23. The molecule has 0 radical (unpaired) electrons. The molecule has 0 saturated carbocycles. The molecule has 0 aliphatic carbocycles. The van der Waals surface area contributed by atoms with Crippen molar-refractivity contribution in [2.75, 3.05) is 36.5 Å². The first-order valence-corrected chi connectivity index (χ1v) is 28.1. The number of carbonyl (C=O) groups excluding carboxylic acids is 5. The second-order valence-electron chi connectivity index (χ2n) is 17.7. The van der Waals surface area contributed by atoms with Gasteiger partial charge in [-0.05, 0) is 73.2 Å². The molecule has 4 aromatic heterocycles. The number of alkyl halides is 2. The molecule has 4 amide bonds. The predicted molar refractivity (Wildman–Crippen MR) is 285 cm³/mol. The second kappa shape index (κ2) is 27.0. The molecule has 5 N–H and O–H groups in total. The highest BCUT2D eigenvalue weighted by Crippen LogP contribution is 2.35. The van der Waals surface area contributed by atoms with Crippen molar-refractivity contribution in [3.63, 3.8) is 0 Å². The lowest BCUT2D eigenvalue weighted by Crippen LogP contribution is -2.48. The van der Waals surface area contributed by atoms with E-state index in [2.05, 4.69) is 40.6 Å². The number of pyridine rings is 4. The highest BCUT2D eigenvalue weighted by molar-refractivity contribution is 8.76. The molecule has 22 nitrogen and oxygen atoms in total. The number of carboxylic acids is 1. The number of carboxylic acid groups (broad SMARTS) is 1. The minimum Gasteiger partial charge on any atom is -0.480 e. The van der Waals surface area contributed by atoms with Crippen molar-refractivity contribution >= 4 is 84.0 Å². The van der Waals surface area contributed by atoms with E-state index in [9.17, 15) is 65.1 Å². The van der Waals surface area contributed by atoms with Crippen LogP contribution >= 0.6 is 21.6 Å². The van der Waals surface area contributed by atoms with Crippen molar-refractivity contribution in [3.8, 4) is 34.3 Å². The smallest absolute Gasteiger partial charge is 0.480 e. The molecule has 1 aliphatic heterocycles. The molecule has 2 aromatic carbocycles. The minimum absolute atomic E-state index is 0.0427. The van der Waals surface area contributed by atoms with Gasteiger partial charge in [0.15, 0.2) is 0 Å². The number of benzene rings is 2. The zero-order valence-electron chi connectivity index (χ0n) is 42.7. The molecule has 5 heterocycles. The van der Waals surface area contributed by atoms with Gasteiger partial charge in [-0.25, -0.2) is 40.6 Å². The Morgan fingerprint density at radius 2 is 1.65 bits per heavy atom. The molecule has 1 aliphatic rings. The average molecular weight is 1180 g/mol. The van der Waals surface area contributed by atoms with Crippen LogP contribution in [0.25, 0.3) is 33.3 Å². The van der Waals surface area contributed by atoms with Gasteiger partial charge in [0.1, 0.15) is 53.6 Å². The number of sulfonamides is 1. The summed E-state index contributed by atoms with van der Waals surface area (Å²) in [5.74, 6) is -9.59. The summed E-state index contributed by atoms with van der Waals surface area (Å²) in [5.41, 5.74) is 3.68. The number of nitrogens with one attached hydrogen (secondary N) is 4. The van der Waals surface area contributed by atoms with Crippen LogP contribution in [0, 0.1) is 23.0 Å². The fourth-order valence-corrected chi connectivity index (χ4v) is 11.0. The van der Waals surface area contributed by atoms with E-state index in [0.717, 1.165) is 33.4 Å². The summed E-state index contributed by atoms with van der Waals surface area (Å²) < 4.78 is 99.3. The summed E-state index contributed by atoms with van der Waals surface area (Å²) in [4.78, 5) is 92.4. The first kappa shape index (κ1) is 60.0. The number of halogens is 4. The van der Waals surface area contributed by atoms with E-state index < -0.39 is 99.3 Å². The maximum Gasteiger partial charge on any atom is 0.508 e. The standard InChI is InChI=1S/C52H48F4N10O12S3/c1-29(49(70)66-28-52(55,56)22-36(66)23-57)62-47(69)31-13-15-58-35(19-31)25-61-45(67)11-12-46(68)63-43(50(71)72)27-80-79-18-17-77-51(73)78-26-34-6-3-32(24-60-34)37-14-16-59-41-7-4-30(20-38(37)41)40-8-9-42(48(64-40)76-2)65-81(74,75)44-10-5-33(53)21-39(44)54/h3-10,13-16,19-21,24,29,36,43,65H,11-12,17-18,22,25-28H2,1-2H3,(H,61,67)(H,62,69)(H,63,68)(H,71,72)/t29-,36-,43?/m0/s1. The molecule has 0 bridgehead atoms. The van der Waals surface area contributed by atoms with Crippen molar-refractivity contribution in [2.24, 2.45) is 0 Å². The summed E-state index contributed by atoms with van der Waals surface area (Å²) in [6.07, 6.45) is 2.03. The number of likely N-dealkylation sites (tertiary alicyclic amines) is 1. The van der Waals surface area contributed by atoms with Gasteiger partial charge in [-0.15, -0.1) is 0 Å². The number of nitrogens with zero attached hydrogens (tertiary/aromatic N) is 6. The third-order valence-electron chi connectivity index (χ3n) is 11.9. The van der Waals surface area contributed by atoms with Crippen LogP contribution in [0.5, 0.6) is 5.88 Å². The molecule has 1 saturated heterocycles. The quantitative estimate of drug-likeness (QED) is 0.0189. The summed E-state index contributed by atoms with van der Waals surface area (Å²) in [7, 11) is -0.930. The molecule has 7 rings (SSSR count). The number of hydrogen-bond donors (Lipinski definition) is 5. The molecule has 0 spiro atoms. The number of rotatable bonds is 24. The van der Waals surface area contributed by atoms with Crippen LogP contribution in [0.4, 0.5) is 28.0 Å². The molecule has 3 atom stereocenters. The Morgan fingerprint density at radius 1 is 0.889 bits per heavy atom. The lowest BCUT2D eigenvalue weighted by atomic mass is 9.99. The number of hydrogen-bond acceptors (Lipinski definition) is 18. The van der Waals surface area contributed by atoms with Gasteiger partial charge in [0.2, 0.25) is 23.6 Å². The van der Waals surface area contributed by atoms with Crippen LogP contribution in [0.15, 0.2) is 102 Å². The fraction of sp³-hybridized carbons (Fsp3) is 0.288. The van der Waals surface area contributed by atoms with Gasteiger partial charge in [-0.1, -0.05) is 33.7 Å². The summed E-state index contributed by atoms with van der Waals surface area (Å²) >= 11 is 0. The van der Waals surface area contributed by atoms with Gasteiger partial charge >= 0.3 is 12.1 Å². The third-order valence-corrected chi connectivity index (χ3v) is 15.7. The molecule has 1 unspecified atom stereocenters. The summed E-state index contributed by atoms with van der Waals surface area (Å²) in [6, 6.07) is 16.1. The number of carbonyl (C=O) groups is 6. The molecule has 29 heteroatoms. The van der Waals surface area contributed by atoms with E-state index in [1.54, 1.807) is 48.8 Å². The highest BCUT2D eigenvalue weighted by Gasteiger charge is 2.48. The Hall–Kier alpha value is -8.62. The van der Waals surface area contributed by atoms with Gasteiger partial charge < -0.3 is 40.2 Å². The number of amides is 4. The normalized spacial score (nSPS) is 14.4. The third kappa shape index (κ3) is 16.3. The molecule has 1 fully saturated rings. The topological polar surface area (TPSA) is 311 Å². The van der Waals surface area contributed by atoms with E-state index in [1.807, 2.05) is 6.07 Å². The number of anilines is 1. The number of nitriles is 1. The zero-order valence-corrected chi connectivity index (χ0v) is 45.1. The number of methoxy groups -OCH3 is 1. The first-order valence-electron chi connectivity index (χ1n) is 24.2. The van der Waals surface area contributed by atoms with E-state index >= 15 is 0 Å². The van der Waals surface area contributed by atoms with Crippen molar-refractivity contribution in [1.82, 2.24) is 40.8 Å². The molecule has 81 heavy (non-hydrogen) atoms. The monoisotopic (exact) mass is 1180 g/mol. The largest absolute Gasteiger partial charge is 0.508 e. The summed E-state index contributed by atoms with van der Waals surface area (Å²) in [6.45, 7) is -0.119. The molecular formula is C52H48F4N10O12S3. The van der Waals surface area contributed by atoms with Crippen molar-refractivity contribution < 1.29 is 74.1 Å². The highest BCUT2D eigenvalue weighted by atomic mass is 33.1. The van der Waals surface area contributed by atoms with Crippen molar-refractivity contribution in [3.05, 3.63) is 126 Å². The second-order valence-corrected chi connectivity index (χ2v) is 22.0. The Morgan fingerprint density at radius 3 is 2.38 bits per heavy atom. The van der Waals surface area contributed by atoms with Crippen LogP contribution in [-0.4, -0.2) is 130 Å². The van der Waals surface area contributed by atoms with Gasteiger partial charge in [-0.2, -0.15) is 5.26 Å². The Kier molecular flexibility index (Phi) is 20.0. The maximum absolute atomic E-state index is 14.3. The van der Waals surface area contributed by atoms with Crippen molar-refractivity contribution in [1.29, 1.82) is 5.26 Å². The fourth-order valence-electron chi connectivity index (χ4n) is 7.88. The van der Waals surface area contributed by atoms with E-state index in [-0.39, 0.29) is 66.9 Å². The van der Waals surface area contributed by atoms with E-state index in [1.165, 1.54) is 55.3 Å². The zero-order chi connectivity index (χ0) is 58.4. The number of aliphatic carboxylic acids is 1. The van der Waals surface area contributed by atoms with Crippen LogP contribution in [0.3, 0.4) is 0 Å². The number of aromatic nitrogens is 4. The first-order chi connectivity index (χ1) is 38.6. The average Bonchev–Trinajstić information content (AvgIpc) is 3.79. The molecule has 6 aromatic rings. The van der Waals surface area contributed by atoms with Crippen LogP contribution in [0.2, 0.25) is 0 Å². The maximum atomic E-state index is 14.3. The van der Waals surface area contributed by atoms with Gasteiger partial charge in [-0.3, -0.25) is 38.9 Å². The Balaban J connectivity index is 0.796. The van der Waals surface area contributed by atoms with Crippen LogP contribution in [0.1, 0.15) is 47.9 Å². The van der Waals surface area contributed by atoms with Crippen molar-refractivity contribution in [2.45, 2.75) is 68.3 Å².